The molecule has 6 heteroatoms. The van der Waals surface area contributed by atoms with Crippen LogP contribution in [0, 0.1) is 6.92 Å². The van der Waals surface area contributed by atoms with Crippen LogP contribution in [0.2, 0.25) is 0 Å². The van der Waals surface area contributed by atoms with E-state index < -0.39 is 6.10 Å². The van der Waals surface area contributed by atoms with Crippen molar-refractivity contribution in [3.8, 4) is 16.9 Å². The molecule has 2 aromatic carbocycles. The number of nitrogens with one attached hydrogen (secondary N) is 1. The summed E-state index contributed by atoms with van der Waals surface area (Å²) in [5.74, 6) is 1.36. The highest BCUT2D eigenvalue weighted by Gasteiger charge is 2.17. The summed E-state index contributed by atoms with van der Waals surface area (Å²) in [5.41, 5.74) is 1.67. The molecule has 1 N–H and O–H groups in total. The topological polar surface area (TPSA) is 81.7 Å². The molecule has 4 rings (SSSR count). The molecule has 0 spiro atoms. The Labute approximate surface area is 173 Å². The molecule has 1 atom stereocenters. The molecule has 0 bridgehead atoms. The highest BCUT2D eigenvalue weighted by molar-refractivity contribution is 5.84. The van der Waals surface area contributed by atoms with Crippen LogP contribution in [-0.4, -0.2) is 12.0 Å². The van der Waals surface area contributed by atoms with E-state index in [4.69, 9.17) is 13.6 Å². The van der Waals surface area contributed by atoms with E-state index in [0.29, 0.717) is 33.8 Å². The average Bonchev–Trinajstić information content (AvgIpc) is 3.26. The Morgan fingerprint density at radius 2 is 1.90 bits per heavy atom. The zero-order chi connectivity index (χ0) is 21.1. The van der Waals surface area contributed by atoms with Crippen molar-refractivity contribution in [1.29, 1.82) is 0 Å². The van der Waals surface area contributed by atoms with Gasteiger partial charge in [-0.3, -0.25) is 9.59 Å². The predicted octanol–water partition coefficient (Wildman–Crippen LogP) is 4.45. The second-order valence-corrected chi connectivity index (χ2v) is 6.94. The molecule has 152 valence electrons. The fourth-order valence-corrected chi connectivity index (χ4v) is 3.29. The van der Waals surface area contributed by atoms with Crippen molar-refractivity contribution in [1.82, 2.24) is 5.32 Å². The summed E-state index contributed by atoms with van der Waals surface area (Å²) >= 11 is 0. The van der Waals surface area contributed by atoms with Crippen molar-refractivity contribution < 1.29 is 18.4 Å². The minimum atomic E-state index is -0.728. The lowest BCUT2D eigenvalue weighted by molar-refractivity contribution is -0.127. The number of ether oxygens (including phenoxy) is 1. The molecular weight excluding hydrogens is 382 g/mol. The van der Waals surface area contributed by atoms with E-state index in [1.165, 1.54) is 0 Å². The Morgan fingerprint density at radius 3 is 2.63 bits per heavy atom. The molecule has 1 unspecified atom stereocenters. The van der Waals surface area contributed by atoms with E-state index >= 15 is 0 Å². The van der Waals surface area contributed by atoms with Crippen molar-refractivity contribution in [3.63, 3.8) is 0 Å². The molecule has 0 saturated heterocycles. The number of fused-ring (bicyclic) bond motifs is 1. The maximum absolute atomic E-state index is 13.0. The van der Waals surface area contributed by atoms with Gasteiger partial charge in [-0.05, 0) is 43.7 Å². The summed E-state index contributed by atoms with van der Waals surface area (Å²) in [7, 11) is 0. The van der Waals surface area contributed by atoms with Crippen LogP contribution in [0.3, 0.4) is 0 Å². The fraction of sp³-hybridized carbons (Fsp3) is 0.167. The van der Waals surface area contributed by atoms with Crippen molar-refractivity contribution in [2.45, 2.75) is 26.5 Å². The van der Waals surface area contributed by atoms with E-state index in [0.717, 1.165) is 5.56 Å². The van der Waals surface area contributed by atoms with Gasteiger partial charge >= 0.3 is 0 Å². The van der Waals surface area contributed by atoms with Crippen molar-refractivity contribution in [2.24, 2.45) is 0 Å². The van der Waals surface area contributed by atoms with Gasteiger partial charge in [0.15, 0.2) is 6.10 Å². The van der Waals surface area contributed by atoms with Crippen LogP contribution in [-0.2, 0) is 11.3 Å². The van der Waals surface area contributed by atoms with Gasteiger partial charge in [0.2, 0.25) is 5.43 Å². The van der Waals surface area contributed by atoms with Crippen molar-refractivity contribution >= 4 is 16.9 Å². The summed E-state index contributed by atoms with van der Waals surface area (Å²) in [5, 5.41) is 3.21. The number of carbonyl (C=O) groups is 1. The standard InChI is InChI=1S/C24H21NO5/c1-15-22(17-7-4-3-5-8-17)23(26)20-11-10-18(13-21(20)30-15)29-16(2)24(27)25-14-19-9-6-12-28-19/h3-13,16H,14H2,1-2H3,(H,25,27). The lowest BCUT2D eigenvalue weighted by Gasteiger charge is -2.15. The Hall–Kier alpha value is -3.80. The minimum Gasteiger partial charge on any atom is -0.481 e. The zero-order valence-electron chi connectivity index (χ0n) is 16.7. The summed E-state index contributed by atoms with van der Waals surface area (Å²) in [6, 6.07) is 17.9. The maximum atomic E-state index is 13.0. The lowest BCUT2D eigenvalue weighted by atomic mass is 10.0. The number of hydrogen-bond acceptors (Lipinski definition) is 5. The molecular formula is C24H21NO5. The van der Waals surface area contributed by atoms with Crippen LogP contribution in [0.4, 0.5) is 0 Å². The number of furan rings is 1. The molecule has 0 fully saturated rings. The first-order valence-corrected chi connectivity index (χ1v) is 9.62. The third-order valence-electron chi connectivity index (χ3n) is 4.80. The lowest BCUT2D eigenvalue weighted by Crippen LogP contribution is -2.35. The first-order valence-electron chi connectivity index (χ1n) is 9.62. The summed E-state index contributed by atoms with van der Waals surface area (Å²) in [6.45, 7) is 3.70. The molecule has 0 saturated carbocycles. The van der Waals surface area contributed by atoms with Gasteiger partial charge in [0, 0.05) is 6.07 Å². The fourth-order valence-electron chi connectivity index (χ4n) is 3.29. The number of amides is 1. The van der Waals surface area contributed by atoms with Gasteiger partial charge in [-0.2, -0.15) is 0 Å². The molecule has 0 aliphatic heterocycles. The van der Waals surface area contributed by atoms with Gasteiger partial charge in [-0.25, -0.2) is 0 Å². The monoisotopic (exact) mass is 403 g/mol. The van der Waals surface area contributed by atoms with Gasteiger partial charge < -0.3 is 18.9 Å². The average molecular weight is 403 g/mol. The Kier molecular flexibility index (Phi) is 5.39. The first-order chi connectivity index (χ1) is 14.5. The molecule has 0 aliphatic rings. The minimum absolute atomic E-state index is 0.101. The van der Waals surface area contributed by atoms with Crippen LogP contribution in [0.25, 0.3) is 22.1 Å². The third kappa shape index (κ3) is 3.98. The highest BCUT2D eigenvalue weighted by Crippen LogP contribution is 2.26. The van der Waals surface area contributed by atoms with Crippen molar-refractivity contribution in [2.75, 3.05) is 0 Å². The number of hydrogen-bond donors (Lipinski definition) is 1. The number of rotatable bonds is 6. The molecule has 2 heterocycles. The molecule has 1 amide bonds. The Balaban J connectivity index is 1.55. The third-order valence-corrected chi connectivity index (χ3v) is 4.80. The Morgan fingerprint density at radius 1 is 1.10 bits per heavy atom. The smallest absolute Gasteiger partial charge is 0.261 e. The quantitative estimate of drug-likeness (QED) is 0.515. The number of benzene rings is 2. The van der Waals surface area contributed by atoms with Crippen LogP contribution in [0.15, 0.2) is 80.6 Å². The van der Waals surface area contributed by atoms with Crippen LogP contribution >= 0.6 is 0 Å². The maximum Gasteiger partial charge on any atom is 0.261 e. The molecule has 6 nitrogen and oxygen atoms in total. The number of carbonyl (C=O) groups excluding carboxylic acids is 1. The van der Waals surface area contributed by atoms with Crippen LogP contribution in [0.5, 0.6) is 5.75 Å². The van der Waals surface area contributed by atoms with Gasteiger partial charge in [0.1, 0.15) is 22.9 Å². The zero-order valence-corrected chi connectivity index (χ0v) is 16.7. The second kappa shape index (κ2) is 8.29. The van der Waals surface area contributed by atoms with Crippen LogP contribution in [0.1, 0.15) is 18.4 Å². The highest BCUT2D eigenvalue weighted by atomic mass is 16.5. The Bertz CT molecular complexity index is 1230. The van der Waals surface area contributed by atoms with E-state index in [2.05, 4.69) is 5.32 Å². The van der Waals surface area contributed by atoms with E-state index in [1.807, 2.05) is 30.3 Å². The molecule has 4 aromatic rings. The van der Waals surface area contributed by atoms with Gasteiger partial charge in [0.25, 0.3) is 5.91 Å². The molecule has 30 heavy (non-hydrogen) atoms. The largest absolute Gasteiger partial charge is 0.481 e. The summed E-state index contributed by atoms with van der Waals surface area (Å²) in [4.78, 5) is 25.3. The normalized spacial score (nSPS) is 11.9. The molecule has 0 aliphatic carbocycles. The predicted molar refractivity (Wildman–Crippen MR) is 113 cm³/mol. The summed E-state index contributed by atoms with van der Waals surface area (Å²) < 4.78 is 16.9. The second-order valence-electron chi connectivity index (χ2n) is 6.94. The van der Waals surface area contributed by atoms with E-state index in [-0.39, 0.29) is 17.9 Å². The first kappa shape index (κ1) is 19.5. The SMILES string of the molecule is Cc1oc2cc(OC(C)C(=O)NCc3ccco3)ccc2c(=O)c1-c1ccccc1. The van der Waals surface area contributed by atoms with Crippen molar-refractivity contribution in [3.05, 3.63) is 88.7 Å². The molecule has 2 aromatic heterocycles. The van der Waals surface area contributed by atoms with Gasteiger partial charge in [0.05, 0.1) is 23.8 Å². The van der Waals surface area contributed by atoms with E-state index in [1.54, 1.807) is 50.4 Å². The van der Waals surface area contributed by atoms with E-state index in [9.17, 15) is 9.59 Å². The van der Waals surface area contributed by atoms with Gasteiger partial charge in [-0.15, -0.1) is 0 Å². The summed E-state index contributed by atoms with van der Waals surface area (Å²) in [6.07, 6.45) is 0.823. The molecule has 0 radical (unpaired) electrons. The van der Waals surface area contributed by atoms with Gasteiger partial charge in [-0.1, -0.05) is 30.3 Å². The number of aryl methyl sites for hydroxylation is 1. The van der Waals surface area contributed by atoms with Crippen LogP contribution < -0.4 is 15.5 Å².